The number of rotatable bonds is 4. The van der Waals surface area contributed by atoms with Crippen LogP contribution >= 0.6 is 31.9 Å². The van der Waals surface area contributed by atoms with Crippen LogP contribution < -0.4 is 10.1 Å². The Kier molecular flexibility index (Phi) is 4.71. The third kappa shape index (κ3) is 2.87. The molecule has 0 atom stereocenters. The van der Waals surface area contributed by atoms with Crippen molar-refractivity contribution in [1.82, 2.24) is 0 Å². The van der Waals surface area contributed by atoms with Gasteiger partial charge in [-0.1, -0.05) is 0 Å². The lowest BCUT2D eigenvalue weighted by Gasteiger charge is -2.10. The molecule has 3 nitrogen and oxygen atoms in total. The molecule has 0 aliphatic carbocycles. The average Bonchev–Trinajstić information content (AvgIpc) is 2.17. The van der Waals surface area contributed by atoms with Crippen molar-refractivity contribution in [3.05, 3.63) is 21.1 Å². The monoisotopic (exact) mass is 323 g/mol. The largest absolute Gasteiger partial charge is 0.495 e. The second-order valence-corrected chi connectivity index (χ2v) is 4.33. The number of nitrogens with one attached hydrogen (secondary N) is 1. The van der Waals surface area contributed by atoms with E-state index in [1.54, 1.807) is 7.11 Å². The van der Waals surface area contributed by atoms with Gasteiger partial charge in [0.2, 0.25) is 0 Å². The van der Waals surface area contributed by atoms with Gasteiger partial charge < -0.3 is 15.2 Å². The van der Waals surface area contributed by atoms with Crippen molar-refractivity contribution in [3.8, 4) is 5.75 Å². The fourth-order valence-electron chi connectivity index (χ4n) is 1.01. The van der Waals surface area contributed by atoms with E-state index in [1.807, 2.05) is 12.1 Å². The average molecular weight is 325 g/mol. The molecule has 0 aliphatic rings. The first kappa shape index (κ1) is 11.8. The van der Waals surface area contributed by atoms with Gasteiger partial charge in [0, 0.05) is 17.1 Å². The summed E-state index contributed by atoms with van der Waals surface area (Å²) >= 11 is 6.79. The van der Waals surface area contributed by atoms with Gasteiger partial charge in [0.1, 0.15) is 5.75 Å². The Morgan fingerprint density at radius 2 is 2.07 bits per heavy atom. The van der Waals surface area contributed by atoms with Gasteiger partial charge in [-0.15, -0.1) is 0 Å². The van der Waals surface area contributed by atoms with Crippen molar-refractivity contribution in [1.29, 1.82) is 0 Å². The zero-order valence-electron chi connectivity index (χ0n) is 7.68. The predicted octanol–water partition coefficient (Wildman–Crippen LogP) is 2.62. The summed E-state index contributed by atoms with van der Waals surface area (Å²) in [5, 5.41) is 11.7. The number of anilines is 1. The van der Waals surface area contributed by atoms with Crippen molar-refractivity contribution in [3.63, 3.8) is 0 Å². The van der Waals surface area contributed by atoms with Gasteiger partial charge in [0.15, 0.2) is 0 Å². The summed E-state index contributed by atoms with van der Waals surface area (Å²) in [6.07, 6.45) is 0. The van der Waals surface area contributed by atoms with Crippen molar-refractivity contribution >= 4 is 37.5 Å². The molecule has 5 heteroatoms. The van der Waals surface area contributed by atoms with Crippen LogP contribution in [0.2, 0.25) is 0 Å². The molecule has 2 N–H and O–H groups in total. The van der Waals surface area contributed by atoms with Crippen LogP contribution in [0.3, 0.4) is 0 Å². The van der Waals surface area contributed by atoms with Crippen LogP contribution in [0.4, 0.5) is 5.69 Å². The highest BCUT2D eigenvalue weighted by atomic mass is 79.9. The van der Waals surface area contributed by atoms with Crippen LogP contribution in [0.25, 0.3) is 0 Å². The standard InChI is InChI=1S/C9H11Br2NO2/c1-14-9-5-8(12-2-3-13)6(10)4-7(9)11/h4-5,12-13H,2-3H2,1H3. The Morgan fingerprint density at radius 1 is 1.36 bits per heavy atom. The molecular formula is C9H11Br2NO2. The van der Waals surface area contributed by atoms with E-state index in [1.165, 1.54) is 0 Å². The summed E-state index contributed by atoms with van der Waals surface area (Å²) in [5.41, 5.74) is 0.902. The third-order valence-corrected chi connectivity index (χ3v) is 2.94. The number of hydrogen-bond acceptors (Lipinski definition) is 3. The molecule has 0 saturated carbocycles. The SMILES string of the molecule is COc1cc(NCCO)c(Br)cc1Br. The zero-order valence-corrected chi connectivity index (χ0v) is 10.9. The van der Waals surface area contributed by atoms with E-state index in [9.17, 15) is 0 Å². The molecule has 0 spiro atoms. The van der Waals surface area contributed by atoms with Gasteiger partial charge in [0.05, 0.1) is 23.9 Å². The van der Waals surface area contributed by atoms with Crippen LogP contribution in [0.1, 0.15) is 0 Å². The lowest BCUT2D eigenvalue weighted by atomic mass is 10.3. The highest BCUT2D eigenvalue weighted by Gasteiger charge is 2.06. The molecule has 0 bridgehead atoms. The smallest absolute Gasteiger partial charge is 0.135 e. The maximum absolute atomic E-state index is 8.68. The van der Waals surface area contributed by atoms with Crippen LogP contribution in [0.15, 0.2) is 21.1 Å². The normalized spacial score (nSPS) is 10.0. The minimum atomic E-state index is 0.102. The number of ether oxygens (including phenoxy) is 1. The topological polar surface area (TPSA) is 41.5 Å². The first-order chi connectivity index (χ1) is 6.69. The van der Waals surface area contributed by atoms with E-state index in [0.29, 0.717) is 6.54 Å². The second-order valence-electron chi connectivity index (χ2n) is 2.62. The quantitative estimate of drug-likeness (QED) is 0.894. The van der Waals surface area contributed by atoms with Gasteiger partial charge in [-0.3, -0.25) is 0 Å². The molecule has 0 saturated heterocycles. The number of aliphatic hydroxyl groups excluding tert-OH is 1. The fourth-order valence-corrected chi connectivity index (χ4v) is 2.31. The number of halogens is 2. The summed E-state index contributed by atoms with van der Waals surface area (Å²) in [4.78, 5) is 0. The van der Waals surface area contributed by atoms with E-state index >= 15 is 0 Å². The van der Waals surface area contributed by atoms with Crippen molar-refractivity contribution in [2.75, 3.05) is 25.6 Å². The Hall–Kier alpha value is -0.260. The summed E-state index contributed by atoms with van der Waals surface area (Å²) in [7, 11) is 1.61. The lowest BCUT2D eigenvalue weighted by molar-refractivity contribution is 0.311. The van der Waals surface area contributed by atoms with Gasteiger partial charge in [-0.2, -0.15) is 0 Å². The Morgan fingerprint density at radius 3 is 2.64 bits per heavy atom. The fraction of sp³-hybridized carbons (Fsp3) is 0.333. The van der Waals surface area contributed by atoms with E-state index < -0.39 is 0 Å². The number of aliphatic hydroxyl groups is 1. The van der Waals surface area contributed by atoms with Crippen molar-refractivity contribution in [2.45, 2.75) is 0 Å². The molecule has 1 aromatic rings. The number of hydrogen-bond donors (Lipinski definition) is 2. The molecule has 78 valence electrons. The first-order valence-electron chi connectivity index (χ1n) is 4.06. The Bertz CT molecular complexity index is 318. The number of benzene rings is 1. The highest BCUT2D eigenvalue weighted by molar-refractivity contribution is 9.11. The molecule has 0 unspecified atom stereocenters. The summed E-state index contributed by atoms with van der Waals surface area (Å²) in [6.45, 7) is 0.619. The number of methoxy groups -OCH3 is 1. The molecule has 1 rings (SSSR count). The molecule has 14 heavy (non-hydrogen) atoms. The maximum Gasteiger partial charge on any atom is 0.135 e. The molecule has 0 aromatic heterocycles. The molecule has 0 aliphatic heterocycles. The van der Waals surface area contributed by atoms with Crippen molar-refractivity contribution in [2.24, 2.45) is 0 Å². The van der Waals surface area contributed by atoms with Crippen molar-refractivity contribution < 1.29 is 9.84 Å². The first-order valence-corrected chi connectivity index (χ1v) is 5.65. The minimum absolute atomic E-state index is 0.102. The van der Waals surface area contributed by atoms with Gasteiger partial charge in [-0.05, 0) is 37.9 Å². The van der Waals surface area contributed by atoms with Gasteiger partial charge in [0.25, 0.3) is 0 Å². The molecule has 0 heterocycles. The predicted molar refractivity (Wildman–Crippen MR) is 64.0 cm³/mol. The molecule has 0 radical (unpaired) electrons. The van der Waals surface area contributed by atoms with E-state index in [2.05, 4.69) is 37.2 Å². The molecular weight excluding hydrogens is 314 g/mol. The van der Waals surface area contributed by atoms with E-state index in [-0.39, 0.29) is 6.61 Å². The van der Waals surface area contributed by atoms with E-state index in [4.69, 9.17) is 9.84 Å². The van der Waals surface area contributed by atoms with Crippen LogP contribution in [0.5, 0.6) is 5.75 Å². The summed E-state index contributed by atoms with van der Waals surface area (Å²) in [6, 6.07) is 3.77. The summed E-state index contributed by atoms with van der Waals surface area (Å²) < 4.78 is 6.97. The second kappa shape index (κ2) is 5.58. The molecule has 0 fully saturated rings. The Balaban J connectivity index is 2.92. The van der Waals surface area contributed by atoms with E-state index in [0.717, 1.165) is 20.4 Å². The maximum atomic E-state index is 8.68. The molecule has 1 aromatic carbocycles. The minimum Gasteiger partial charge on any atom is -0.495 e. The van der Waals surface area contributed by atoms with Gasteiger partial charge in [-0.25, -0.2) is 0 Å². The Labute approximate surface area is 99.7 Å². The molecule has 0 amide bonds. The zero-order chi connectivity index (χ0) is 10.6. The van der Waals surface area contributed by atoms with Crippen LogP contribution in [-0.2, 0) is 0 Å². The third-order valence-electron chi connectivity index (χ3n) is 1.67. The van der Waals surface area contributed by atoms with Crippen LogP contribution in [0, 0.1) is 0 Å². The lowest BCUT2D eigenvalue weighted by Crippen LogP contribution is -2.06. The summed E-state index contributed by atoms with van der Waals surface area (Å²) in [5.74, 6) is 0.758. The van der Waals surface area contributed by atoms with Gasteiger partial charge >= 0.3 is 0 Å². The van der Waals surface area contributed by atoms with Crippen LogP contribution in [-0.4, -0.2) is 25.4 Å². The highest BCUT2D eigenvalue weighted by Crippen LogP contribution is 2.34.